The van der Waals surface area contributed by atoms with Crippen molar-refractivity contribution >= 4 is 26.5 Å². The summed E-state index contributed by atoms with van der Waals surface area (Å²) < 4.78 is 0. The van der Waals surface area contributed by atoms with Gasteiger partial charge in [0.25, 0.3) is 0 Å². The van der Waals surface area contributed by atoms with Crippen molar-refractivity contribution < 1.29 is 0 Å². The molecule has 0 heterocycles. The van der Waals surface area contributed by atoms with Gasteiger partial charge >= 0.3 is 0 Å². The van der Waals surface area contributed by atoms with Gasteiger partial charge in [-0.2, -0.15) is 0 Å². The van der Waals surface area contributed by atoms with E-state index in [1.54, 1.807) is 0 Å². The summed E-state index contributed by atoms with van der Waals surface area (Å²) in [6, 6.07) is 8.51. The zero-order valence-corrected chi connectivity index (χ0v) is 9.60. The van der Waals surface area contributed by atoms with Crippen LogP contribution in [0, 0.1) is 0 Å². The maximum Gasteiger partial charge on any atom is 0.0568 e. The molecule has 2 heteroatoms. The van der Waals surface area contributed by atoms with Gasteiger partial charge in [-0.25, -0.2) is 0 Å². The summed E-state index contributed by atoms with van der Waals surface area (Å²) in [5.74, 6) is 0. The normalized spacial score (nSPS) is 20.3. The van der Waals surface area contributed by atoms with Gasteiger partial charge in [-0.05, 0) is 17.2 Å². The fourth-order valence-corrected chi connectivity index (χ4v) is 4.28. The zero-order chi connectivity index (χ0) is 9.42. The number of rotatable bonds is 1. The molecule has 1 aliphatic rings. The minimum absolute atomic E-state index is 0.373. The van der Waals surface area contributed by atoms with Crippen LogP contribution in [0.25, 0.3) is 6.08 Å². The van der Waals surface area contributed by atoms with Gasteiger partial charge in [0.2, 0.25) is 0 Å². The second-order valence-electron chi connectivity index (χ2n) is 3.67. The van der Waals surface area contributed by atoms with Crippen LogP contribution in [-0.4, -0.2) is 8.80 Å². The van der Waals surface area contributed by atoms with Crippen molar-refractivity contribution in [3.05, 3.63) is 40.4 Å². The Hall–Kier alpha value is -0.533. The monoisotopic (exact) mass is 207 g/mol. The molecule has 1 radical (unpaired) electrons. The van der Waals surface area contributed by atoms with Gasteiger partial charge in [-0.3, -0.25) is 0 Å². The van der Waals surface area contributed by atoms with Crippen LogP contribution in [0.15, 0.2) is 29.3 Å². The van der Waals surface area contributed by atoms with E-state index in [0.717, 1.165) is 5.03 Å². The number of hydrogen-bond donors (Lipinski definition) is 0. The van der Waals surface area contributed by atoms with Crippen LogP contribution in [0.3, 0.4) is 0 Å². The second kappa shape index (κ2) is 3.32. The van der Waals surface area contributed by atoms with Crippen LogP contribution >= 0.6 is 11.6 Å². The van der Waals surface area contributed by atoms with E-state index in [4.69, 9.17) is 11.6 Å². The number of fused-ring (bicyclic) bond motifs is 1. The van der Waals surface area contributed by atoms with Crippen LogP contribution in [-0.2, 0) is 0 Å². The molecule has 1 aromatic rings. The number of benzene rings is 1. The van der Waals surface area contributed by atoms with Crippen LogP contribution in [0.4, 0.5) is 0 Å². The fraction of sp³-hybridized carbons (Fsp3) is 0.273. The summed E-state index contributed by atoms with van der Waals surface area (Å²) >= 11 is 6.23. The Labute approximate surface area is 85.8 Å². The minimum atomic E-state index is -0.373. The van der Waals surface area contributed by atoms with Crippen molar-refractivity contribution in [1.29, 1.82) is 0 Å². The van der Waals surface area contributed by atoms with E-state index in [1.165, 1.54) is 11.1 Å². The lowest BCUT2D eigenvalue weighted by molar-refractivity contribution is 1.18. The molecule has 0 fully saturated rings. The maximum absolute atomic E-state index is 6.23. The molecule has 2 rings (SSSR count). The Balaban J connectivity index is 2.49. The van der Waals surface area contributed by atoms with Gasteiger partial charge < -0.3 is 0 Å². The van der Waals surface area contributed by atoms with E-state index < -0.39 is 0 Å². The van der Waals surface area contributed by atoms with Crippen LogP contribution < -0.4 is 0 Å². The minimum Gasteiger partial charge on any atom is -0.0888 e. The molecule has 0 spiro atoms. The molecule has 1 unspecified atom stereocenters. The highest BCUT2D eigenvalue weighted by molar-refractivity contribution is 6.61. The fourth-order valence-electron chi connectivity index (χ4n) is 1.87. The largest absolute Gasteiger partial charge is 0.0888 e. The average Bonchev–Trinajstić information content (AvgIpc) is 2.39. The second-order valence-corrected chi connectivity index (χ2v) is 6.84. The topological polar surface area (TPSA) is 0 Å². The molecule has 13 heavy (non-hydrogen) atoms. The van der Waals surface area contributed by atoms with Gasteiger partial charge in [0, 0.05) is 10.6 Å². The van der Waals surface area contributed by atoms with E-state index in [-0.39, 0.29) is 8.80 Å². The van der Waals surface area contributed by atoms with E-state index in [0.29, 0.717) is 5.54 Å². The Morgan fingerprint density at radius 2 is 1.92 bits per heavy atom. The lowest BCUT2D eigenvalue weighted by atomic mass is 10.1. The summed E-state index contributed by atoms with van der Waals surface area (Å²) in [7, 11) is -0.373. The Bertz CT molecular complexity index is 355. The molecule has 0 bridgehead atoms. The molecule has 1 aromatic carbocycles. The number of hydrogen-bond acceptors (Lipinski definition) is 0. The van der Waals surface area contributed by atoms with E-state index >= 15 is 0 Å². The van der Waals surface area contributed by atoms with Crippen molar-refractivity contribution in [1.82, 2.24) is 0 Å². The summed E-state index contributed by atoms with van der Waals surface area (Å²) in [5.41, 5.74) is 3.25. The maximum atomic E-state index is 6.23. The molecule has 0 amide bonds. The Morgan fingerprint density at radius 1 is 1.23 bits per heavy atom. The molecule has 0 aliphatic heterocycles. The molecule has 0 nitrogen and oxygen atoms in total. The third kappa shape index (κ3) is 1.47. The molecule has 0 saturated heterocycles. The highest BCUT2D eigenvalue weighted by Crippen LogP contribution is 2.39. The van der Waals surface area contributed by atoms with Crippen molar-refractivity contribution in [2.75, 3.05) is 0 Å². The smallest absolute Gasteiger partial charge is 0.0568 e. The Morgan fingerprint density at radius 3 is 2.62 bits per heavy atom. The first-order chi connectivity index (χ1) is 6.20. The van der Waals surface area contributed by atoms with Crippen molar-refractivity contribution in [3.8, 4) is 0 Å². The molecule has 0 N–H and O–H groups in total. The predicted octanol–water partition coefficient (Wildman–Crippen LogP) is 3.66. The molecule has 67 valence electrons. The molecule has 1 aliphatic carbocycles. The van der Waals surface area contributed by atoms with Gasteiger partial charge in [-0.1, -0.05) is 49.0 Å². The summed E-state index contributed by atoms with van der Waals surface area (Å²) in [6.45, 7) is 4.63. The van der Waals surface area contributed by atoms with Crippen molar-refractivity contribution in [2.45, 2.75) is 18.6 Å². The van der Waals surface area contributed by atoms with Gasteiger partial charge in [0.05, 0.1) is 8.80 Å². The molecular formula is C11H12ClSi. The van der Waals surface area contributed by atoms with E-state index in [9.17, 15) is 0 Å². The summed E-state index contributed by atoms with van der Waals surface area (Å²) in [5, 5.41) is 1.03. The van der Waals surface area contributed by atoms with Crippen LogP contribution in [0.1, 0.15) is 16.7 Å². The van der Waals surface area contributed by atoms with Gasteiger partial charge in [-0.15, -0.1) is 0 Å². The number of halogens is 1. The van der Waals surface area contributed by atoms with Gasteiger partial charge in [0.1, 0.15) is 0 Å². The lowest BCUT2D eigenvalue weighted by Crippen LogP contribution is -2.14. The average molecular weight is 208 g/mol. The third-order valence-corrected chi connectivity index (χ3v) is 4.74. The van der Waals surface area contributed by atoms with Crippen molar-refractivity contribution in [2.24, 2.45) is 0 Å². The summed E-state index contributed by atoms with van der Waals surface area (Å²) in [6.07, 6.45) is 2.11. The predicted molar refractivity (Wildman–Crippen MR) is 60.5 cm³/mol. The lowest BCUT2D eigenvalue weighted by Gasteiger charge is -2.15. The zero-order valence-electron chi connectivity index (χ0n) is 7.84. The van der Waals surface area contributed by atoms with Crippen molar-refractivity contribution in [3.63, 3.8) is 0 Å². The quantitative estimate of drug-likeness (QED) is 0.617. The first-order valence-electron chi connectivity index (χ1n) is 4.46. The molecule has 0 saturated carbocycles. The summed E-state index contributed by atoms with van der Waals surface area (Å²) in [4.78, 5) is 0. The molecule has 1 atom stereocenters. The Kier molecular flexibility index (Phi) is 2.30. The van der Waals surface area contributed by atoms with E-state index in [2.05, 4.69) is 43.4 Å². The standard InChI is InChI=1S/C11H12ClSi/c1-13(2)11-9-6-4-3-5-8(9)7-10(11)12/h3-7,11H,1-2H3. The first kappa shape index (κ1) is 9.04. The molecular weight excluding hydrogens is 196 g/mol. The van der Waals surface area contributed by atoms with Crippen LogP contribution in [0.5, 0.6) is 0 Å². The highest BCUT2D eigenvalue weighted by Gasteiger charge is 2.26. The molecule has 0 aromatic heterocycles. The van der Waals surface area contributed by atoms with E-state index in [1.807, 2.05) is 0 Å². The van der Waals surface area contributed by atoms with Gasteiger partial charge in [0.15, 0.2) is 0 Å². The number of allylic oxidation sites excluding steroid dienone is 1. The first-order valence-corrected chi connectivity index (χ1v) is 7.42. The third-order valence-electron chi connectivity index (χ3n) is 2.45. The SMILES string of the molecule is C[Si](C)C1C(Cl)=Cc2ccccc21. The highest BCUT2D eigenvalue weighted by atomic mass is 35.5. The van der Waals surface area contributed by atoms with Crippen LogP contribution in [0.2, 0.25) is 13.1 Å².